The predicted molar refractivity (Wildman–Crippen MR) is 138 cm³/mol. The fraction of sp³-hybridized carbons (Fsp3) is 0.154. The molecular formula is C26H21Cl3N2O5. The minimum Gasteiger partial charge on any atom is -0.490 e. The normalized spacial score (nSPS) is 14.9. The van der Waals surface area contributed by atoms with Gasteiger partial charge >= 0.3 is 5.97 Å². The number of ether oxygens (including phenoxy) is 1. The number of rotatable bonds is 9. The number of carbonyl (C=O) groups is 2. The summed E-state index contributed by atoms with van der Waals surface area (Å²) >= 11 is 18.1. The van der Waals surface area contributed by atoms with Crippen molar-refractivity contribution in [3.8, 4) is 5.75 Å². The molecule has 1 aliphatic heterocycles. The number of halogens is 3. The summed E-state index contributed by atoms with van der Waals surface area (Å²) < 4.78 is 5.66. The number of carboxylic acids is 1. The molecule has 1 unspecified atom stereocenters. The number of carboxylic acid groups (broad SMARTS) is 1. The van der Waals surface area contributed by atoms with Crippen molar-refractivity contribution in [2.75, 3.05) is 13.2 Å². The van der Waals surface area contributed by atoms with E-state index in [-0.39, 0.29) is 25.5 Å². The van der Waals surface area contributed by atoms with Crippen LogP contribution >= 0.6 is 34.8 Å². The van der Waals surface area contributed by atoms with E-state index in [1.165, 1.54) is 0 Å². The molecular weight excluding hydrogens is 527 g/mol. The number of carbonyl (C=O) groups excluding carboxylic acids is 1. The molecule has 0 bridgehead atoms. The molecule has 0 saturated heterocycles. The molecule has 10 heteroatoms. The molecule has 7 nitrogen and oxygen atoms in total. The van der Waals surface area contributed by atoms with Gasteiger partial charge in [0, 0.05) is 15.6 Å². The molecule has 36 heavy (non-hydrogen) atoms. The van der Waals surface area contributed by atoms with Crippen molar-refractivity contribution < 1.29 is 24.3 Å². The first-order chi connectivity index (χ1) is 17.3. The molecule has 0 aliphatic carbocycles. The lowest BCUT2D eigenvalue weighted by molar-refractivity contribution is -0.136. The van der Waals surface area contributed by atoms with Crippen LogP contribution in [0, 0.1) is 0 Å². The van der Waals surface area contributed by atoms with E-state index in [0.717, 1.165) is 0 Å². The number of hydrogen-bond acceptors (Lipinski definition) is 5. The van der Waals surface area contributed by atoms with Gasteiger partial charge in [-0.15, -0.1) is 5.48 Å². The smallest absolute Gasteiger partial charge is 0.307 e. The van der Waals surface area contributed by atoms with Gasteiger partial charge in [-0.2, -0.15) is 0 Å². The third-order valence-electron chi connectivity index (χ3n) is 5.34. The van der Waals surface area contributed by atoms with Crippen molar-refractivity contribution >= 4 is 52.4 Å². The lowest BCUT2D eigenvalue weighted by Gasteiger charge is -2.15. The Bertz CT molecular complexity index is 1310. The van der Waals surface area contributed by atoms with Gasteiger partial charge in [0.15, 0.2) is 5.76 Å². The van der Waals surface area contributed by atoms with Crippen LogP contribution in [0.2, 0.25) is 15.1 Å². The van der Waals surface area contributed by atoms with E-state index in [1.807, 2.05) is 0 Å². The van der Waals surface area contributed by atoms with E-state index >= 15 is 0 Å². The molecule has 0 saturated carbocycles. The molecule has 1 heterocycles. The van der Waals surface area contributed by atoms with Crippen LogP contribution in [0.5, 0.6) is 5.75 Å². The molecule has 1 atom stereocenters. The first-order valence-electron chi connectivity index (χ1n) is 10.9. The van der Waals surface area contributed by atoms with Gasteiger partial charge in [0.05, 0.1) is 23.6 Å². The van der Waals surface area contributed by atoms with Crippen LogP contribution in [-0.4, -0.2) is 30.1 Å². The quantitative estimate of drug-likeness (QED) is 0.308. The first-order valence-corrected chi connectivity index (χ1v) is 12.0. The van der Waals surface area contributed by atoms with Gasteiger partial charge in [0.1, 0.15) is 18.4 Å². The van der Waals surface area contributed by atoms with E-state index in [2.05, 4.69) is 10.8 Å². The highest BCUT2D eigenvalue weighted by atomic mass is 35.5. The largest absolute Gasteiger partial charge is 0.490 e. The molecule has 0 spiro atoms. The molecule has 3 aromatic rings. The number of amides is 1. The third-order valence-corrected chi connectivity index (χ3v) is 6.12. The molecule has 0 aromatic heterocycles. The SMILES string of the molecule is O=C(O)Cc1cccc(C2NOC(c3ccc(Cl)cc3)=C2C(=O)NCCOc2ccc(Cl)cc2Cl)c1. The number of nitrogens with one attached hydrogen (secondary N) is 2. The summed E-state index contributed by atoms with van der Waals surface area (Å²) in [5, 5.41) is 13.4. The van der Waals surface area contributed by atoms with Crippen LogP contribution in [-0.2, 0) is 20.8 Å². The predicted octanol–water partition coefficient (Wildman–Crippen LogP) is 5.46. The van der Waals surface area contributed by atoms with Crippen LogP contribution in [0.4, 0.5) is 0 Å². The lowest BCUT2D eigenvalue weighted by atomic mass is 9.94. The van der Waals surface area contributed by atoms with Gasteiger partial charge in [-0.3, -0.25) is 9.59 Å². The van der Waals surface area contributed by atoms with Crippen LogP contribution < -0.4 is 15.5 Å². The van der Waals surface area contributed by atoms with Gasteiger partial charge in [-0.25, -0.2) is 0 Å². The topological polar surface area (TPSA) is 96.9 Å². The molecule has 3 N–H and O–H groups in total. The summed E-state index contributed by atoms with van der Waals surface area (Å²) in [6, 6.07) is 18.2. The summed E-state index contributed by atoms with van der Waals surface area (Å²) in [6.45, 7) is 0.366. The van der Waals surface area contributed by atoms with Crippen molar-refractivity contribution in [2.45, 2.75) is 12.5 Å². The van der Waals surface area contributed by atoms with Crippen molar-refractivity contribution in [3.05, 3.63) is 104 Å². The number of aliphatic carboxylic acids is 1. The Labute approximate surface area is 222 Å². The zero-order valence-corrected chi connectivity index (χ0v) is 21.0. The maximum Gasteiger partial charge on any atom is 0.307 e. The maximum atomic E-state index is 13.4. The van der Waals surface area contributed by atoms with E-state index in [9.17, 15) is 9.59 Å². The van der Waals surface area contributed by atoms with Crippen molar-refractivity contribution in [1.29, 1.82) is 0 Å². The van der Waals surface area contributed by atoms with Gasteiger partial charge in [0.2, 0.25) is 0 Å². The molecule has 0 radical (unpaired) electrons. The summed E-state index contributed by atoms with van der Waals surface area (Å²) in [4.78, 5) is 30.3. The van der Waals surface area contributed by atoms with Gasteiger partial charge < -0.3 is 20.0 Å². The Hall–Kier alpha value is -3.23. The monoisotopic (exact) mass is 546 g/mol. The van der Waals surface area contributed by atoms with Crippen molar-refractivity contribution in [2.24, 2.45) is 0 Å². The molecule has 3 aromatic carbocycles. The van der Waals surface area contributed by atoms with Gasteiger partial charge in [-0.1, -0.05) is 59.1 Å². The molecule has 1 amide bonds. The fourth-order valence-electron chi connectivity index (χ4n) is 3.72. The van der Waals surface area contributed by atoms with E-state index in [0.29, 0.717) is 48.8 Å². The Kier molecular flexibility index (Phi) is 8.38. The van der Waals surface area contributed by atoms with Gasteiger partial charge in [-0.05, 0) is 53.6 Å². The Morgan fingerprint density at radius 2 is 1.75 bits per heavy atom. The lowest BCUT2D eigenvalue weighted by Crippen LogP contribution is -2.32. The molecule has 0 fully saturated rings. The highest BCUT2D eigenvalue weighted by Gasteiger charge is 2.34. The van der Waals surface area contributed by atoms with Crippen LogP contribution in [0.1, 0.15) is 22.7 Å². The maximum absolute atomic E-state index is 13.4. The average Bonchev–Trinajstić information content (AvgIpc) is 3.28. The summed E-state index contributed by atoms with van der Waals surface area (Å²) in [5.74, 6) is -0.516. The van der Waals surface area contributed by atoms with Crippen LogP contribution in [0.15, 0.2) is 72.3 Å². The van der Waals surface area contributed by atoms with Crippen LogP contribution in [0.25, 0.3) is 5.76 Å². The second-order valence-corrected chi connectivity index (χ2v) is 9.18. The summed E-state index contributed by atoms with van der Waals surface area (Å²) in [5.41, 5.74) is 5.19. The molecule has 186 valence electrons. The summed E-state index contributed by atoms with van der Waals surface area (Å²) in [7, 11) is 0. The fourth-order valence-corrected chi connectivity index (χ4v) is 4.31. The van der Waals surface area contributed by atoms with E-state index < -0.39 is 12.0 Å². The molecule has 1 aliphatic rings. The van der Waals surface area contributed by atoms with E-state index in [4.69, 9.17) is 49.5 Å². The van der Waals surface area contributed by atoms with E-state index in [1.54, 1.807) is 66.7 Å². The Balaban J connectivity index is 1.55. The van der Waals surface area contributed by atoms with Crippen molar-refractivity contribution in [1.82, 2.24) is 10.8 Å². The second kappa shape index (κ2) is 11.7. The number of benzene rings is 3. The Morgan fingerprint density at radius 3 is 2.47 bits per heavy atom. The summed E-state index contributed by atoms with van der Waals surface area (Å²) in [6.07, 6.45) is -0.138. The van der Waals surface area contributed by atoms with Crippen molar-refractivity contribution in [3.63, 3.8) is 0 Å². The zero-order valence-electron chi connectivity index (χ0n) is 18.8. The zero-order chi connectivity index (χ0) is 25.7. The first kappa shape index (κ1) is 25.9. The average molecular weight is 548 g/mol. The Morgan fingerprint density at radius 1 is 1.00 bits per heavy atom. The molecule has 4 rings (SSSR count). The third kappa shape index (κ3) is 6.30. The second-order valence-electron chi connectivity index (χ2n) is 7.90. The highest BCUT2D eigenvalue weighted by molar-refractivity contribution is 6.35. The standard InChI is InChI=1S/C26H21Cl3N2O5/c27-18-6-4-16(5-7-18)25-23(24(31-36-25)17-3-1-2-15(12-17)13-22(32)33)26(34)30-10-11-35-21-9-8-19(28)14-20(21)29/h1-9,12,14,24,31H,10-11,13H2,(H,30,34)(H,32,33). The number of hydroxylamine groups is 1. The highest BCUT2D eigenvalue weighted by Crippen LogP contribution is 2.36. The minimum absolute atomic E-state index is 0.138. The number of hydrogen-bond donors (Lipinski definition) is 3. The minimum atomic E-state index is -0.945. The van der Waals surface area contributed by atoms with Crippen LogP contribution in [0.3, 0.4) is 0 Å². The van der Waals surface area contributed by atoms with Gasteiger partial charge in [0.25, 0.3) is 5.91 Å².